The van der Waals surface area contributed by atoms with Crippen molar-refractivity contribution in [3.05, 3.63) is 176 Å². The van der Waals surface area contributed by atoms with E-state index in [4.69, 9.17) is 0 Å². The second-order valence-electron chi connectivity index (χ2n) is 10.2. The molecule has 0 aliphatic carbocycles. The van der Waals surface area contributed by atoms with Crippen LogP contribution in [0.15, 0.2) is 176 Å². The quantitative estimate of drug-likeness (QED) is 0.189. The van der Waals surface area contributed by atoms with Gasteiger partial charge in [-0.25, -0.2) is 0 Å². The molecule has 200 valence electrons. The van der Waals surface area contributed by atoms with Gasteiger partial charge in [-0.05, 0) is 58.7 Å². The first-order valence-electron chi connectivity index (χ1n) is 14.2. The van der Waals surface area contributed by atoms with E-state index < -0.39 is 0 Å². The zero-order chi connectivity index (χ0) is 28.1. The highest BCUT2D eigenvalue weighted by atomic mass is 32.1. The van der Waals surface area contributed by atoms with Gasteiger partial charge in [-0.1, -0.05) is 140 Å². The molecule has 0 bridgehead atoms. The lowest BCUT2D eigenvalue weighted by molar-refractivity contribution is 1.28. The summed E-state index contributed by atoms with van der Waals surface area (Å²) in [4.78, 5) is 4.87. The van der Waals surface area contributed by atoms with Gasteiger partial charge < -0.3 is 4.90 Å². The molecule has 0 radical (unpaired) electrons. The minimum atomic E-state index is 1.13. The van der Waals surface area contributed by atoms with Crippen molar-refractivity contribution in [1.29, 1.82) is 0 Å². The molecule has 0 aliphatic heterocycles. The van der Waals surface area contributed by atoms with Gasteiger partial charge in [0.1, 0.15) is 0 Å². The standard InChI is InChI=1S/C40H29NS/c1-6-16-30(17-7-1)37-38(31-18-8-2-9-19-31)40(42-39(37)32-20-10-3-11-21-32)33-26-28-36(29-27-33)41(34-22-12-4-13-23-34)35-24-14-5-15-25-35/h1-29H. The summed E-state index contributed by atoms with van der Waals surface area (Å²) in [6.07, 6.45) is 0. The minimum absolute atomic E-state index is 1.13. The van der Waals surface area contributed by atoms with Crippen molar-refractivity contribution in [3.63, 3.8) is 0 Å². The molecule has 0 fully saturated rings. The molecule has 0 atom stereocenters. The Bertz CT molecular complexity index is 1840. The van der Waals surface area contributed by atoms with Crippen LogP contribution < -0.4 is 4.90 Å². The van der Waals surface area contributed by atoms with E-state index in [1.807, 2.05) is 11.3 Å². The van der Waals surface area contributed by atoms with Crippen molar-refractivity contribution in [2.75, 3.05) is 4.90 Å². The predicted molar refractivity (Wildman–Crippen MR) is 181 cm³/mol. The molecule has 0 unspecified atom stereocenters. The molecule has 7 aromatic rings. The lowest BCUT2D eigenvalue weighted by atomic mass is 9.91. The predicted octanol–water partition coefficient (Wildman–Crippen LogP) is 11.9. The van der Waals surface area contributed by atoms with Gasteiger partial charge in [-0.15, -0.1) is 11.3 Å². The molecule has 0 amide bonds. The van der Waals surface area contributed by atoms with Gasteiger partial charge in [-0.2, -0.15) is 0 Å². The Kier molecular flexibility index (Phi) is 7.20. The maximum absolute atomic E-state index is 2.31. The van der Waals surface area contributed by atoms with Gasteiger partial charge in [-0.3, -0.25) is 0 Å². The summed E-state index contributed by atoms with van der Waals surface area (Å²) in [5.41, 5.74) is 10.9. The van der Waals surface area contributed by atoms with E-state index in [0.717, 1.165) is 17.1 Å². The molecule has 1 aromatic heterocycles. The fourth-order valence-corrected chi connectivity index (χ4v) is 6.91. The molecule has 0 spiro atoms. The van der Waals surface area contributed by atoms with Crippen molar-refractivity contribution in [2.24, 2.45) is 0 Å². The fourth-order valence-electron chi connectivity index (χ4n) is 5.55. The number of rotatable bonds is 7. The number of hydrogen-bond acceptors (Lipinski definition) is 2. The van der Waals surface area contributed by atoms with Gasteiger partial charge >= 0.3 is 0 Å². The van der Waals surface area contributed by atoms with Crippen LogP contribution >= 0.6 is 11.3 Å². The van der Waals surface area contributed by atoms with E-state index in [9.17, 15) is 0 Å². The molecule has 2 heteroatoms. The highest BCUT2D eigenvalue weighted by Gasteiger charge is 2.23. The molecule has 1 heterocycles. The smallest absolute Gasteiger partial charge is 0.0462 e. The summed E-state index contributed by atoms with van der Waals surface area (Å²) in [5.74, 6) is 0. The van der Waals surface area contributed by atoms with Crippen LogP contribution in [0.2, 0.25) is 0 Å². The van der Waals surface area contributed by atoms with Crippen molar-refractivity contribution in [3.8, 4) is 43.1 Å². The Morgan fingerprint density at radius 2 is 0.595 bits per heavy atom. The lowest BCUT2D eigenvalue weighted by Crippen LogP contribution is -2.09. The van der Waals surface area contributed by atoms with Gasteiger partial charge in [0.15, 0.2) is 0 Å². The number of hydrogen-bond donors (Lipinski definition) is 0. The zero-order valence-corrected chi connectivity index (χ0v) is 23.9. The molecule has 6 aromatic carbocycles. The summed E-state index contributed by atoms with van der Waals surface area (Å²) in [6.45, 7) is 0. The zero-order valence-electron chi connectivity index (χ0n) is 23.1. The monoisotopic (exact) mass is 555 g/mol. The lowest BCUT2D eigenvalue weighted by Gasteiger charge is -2.25. The van der Waals surface area contributed by atoms with Crippen molar-refractivity contribution < 1.29 is 0 Å². The highest BCUT2D eigenvalue weighted by molar-refractivity contribution is 7.20. The SMILES string of the molecule is c1ccc(-c2sc(-c3ccc(N(c4ccccc4)c4ccccc4)cc3)c(-c3ccccc3)c2-c2ccccc2)cc1. The molecule has 1 nitrogen and oxygen atoms in total. The van der Waals surface area contributed by atoms with E-state index in [-0.39, 0.29) is 0 Å². The first kappa shape index (κ1) is 25.8. The second-order valence-corrected chi connectivity index (χ2v) is 11.2. The van der Waals surface area contributed by atoms with Gasteiger partial charge in [0.25, 0.3) is 0 Å². The molecule has 0 aliphatic rings. The van der Waals surface area contributed by atoms with Crippen LogP contribution in [-0.4, -0.2) is 0 Å². The van der Waals surface area contributed by atoms with E-state index in [1.165, 1.54) is 43.1 Å². The average molecular weight is 556 g/mol. The van der Waals surface area contributed by atoms with Gasteiger partial charge in [0, 0.05) is 37.9 Å². The van der Waals surface area contributed by atoms with E-state index >= 15 is 0 Å². The molecule has 0 saturated heterocycles. The van der Waals surface area contributed by atoms with Crippen molar-refractivity contribution in [1.82, 2.24) is 0 Å². The Labute approximate surface area is 251 Å². The van der Waals surface area contributed by atoms with Crippen molar-refractivity contribution in [2.45, 2.75) is 0 Å². The number of nitrogens with zero attached hydrogens (tertiary/aromatic N) is 1. The summed E-state index contributed by atoms with van der Waals surface area (Å²) in [7, 11) is 0. The fraction of sp³-hybridized carbons (Fsp3) is 0. The van der Waals surface area contributed by atoms with Crippen LogP contribution in [0.25, 0.3) is 43.1 Å². The van der Waals surface area contributed by atoms with Crippen LogP contribution in [0, 0.1) is 0 Å². The van der Waals surface area contributed by atoms with Crippen molar-refractivity contribution >= 4 is 28.4 Å². The number of para-hydroxylation sites is 2. The maximum atomic E-state index is 2.31. The molecule has 0 saturated carbocycles. The Morgan fingerprint density at radius 3 is 1.00 bits per heavy atom. The molecule has 0 N–H and O–H groups in total. The van der Waals surface area contributed by atoms with Gasteiger partial charge in [0.05, 0.1) is 0 Å². The third-order valence-electron chi connectivity index (χ3n) is 7.49. The molecule has 7 rings (SSSR count). The Hall–Kier alpha value is -5.18. The Morgan fingerprint density at radius 1 is 0.286 bits per heavy atom. The number of anilines is 3. The molecular formula is C40H29NS. The molecule has 42 heavy (non-hydrogen) atoms. The Balaban J connectivity index is 1.42. The summed E-state index contributed by atoms with van der Waals surface area (Å²) in [6, 6.07) is 62.6. The summed E-state index contributed by atoms with van der Waals surface area (Å²) >= 11 is 1.88. The van der Waals surface area contributed by atoms with E-state index in [1.54, 1.807) is 0 Å². The first-order chi connectivity index (χ1) is 20.9. The van der Waals surface area contributed by atoms with Crippen LogP contribution in [0.4, 0.5) is 17.1 Å². The minimum Gasteiger partial charge on any atom is -0.311 e. The van der Waals surface area contributed by atoms with Crippen LogP contribution in [0.3, 0.4) is 0 Å². The normalized spacial score (nSPS) is 10.9. The second kappa shape index (κ2) is 11.7. The van der Waals surface area contributed by atoms with E-state index in [2.05, 4.69) is 181 Å². The van der Waals surface area contributed by atoms with Gasteiger partial charge in [0.2, 0.25) is 0 Å². The number of thiophene rings is 1. The largest absolute Gasteiger partial charge is 0.311 e. The molecular weight excluding hydrogens is 527 g/mol. The van der Waals surface area contributed by atoms with Crippen LogP contribution in [0.1, 0.15) is 0 Å². The third kappa shape index (κ3) is 5.05. The van der Waals surface area contributed by atoms with E-state index in [0.29, 0.717) is 0 Å². The first-order valence-corrected chi connectivity index (χ1v) is 15.0. The summed E-state index contributed by atoms with van der Waals surface area (Å²) in [5, 5.41) is 0. The van der Waals surface area contributed by atoms with Crippen LogP contribution in [-0.2, 0) is 0 Å². The maximum Gasteiger partial charge on any atom is 0.0462 e. The number of benzene rings is 6. The third-order valence-corrected chi connectivity index (χ3v) is 8.77. The highest BCUT2D eigenvalue weighted by Crippen LogP contribution is 2.52. The van der Waals surface area contributed by atoms with Crippen LogP contribution in [0.5, 0.6) is 0 Å². The topological polar surface area (TPSA) is 3.24 Å². The summed E-state index contributed by atoms with van der Waals surface area (Å²) < 4.78 is 0. The average Bonchev–Trinajstić information content (AvgIpc) is 3.48.